The van der Waals surface area contributed by atoms with Crippen molar-refractivity contribution in [3.05, 3.63) is 17.5 Å². The number of hydrogen-bond acceptors (Lipinski definition) is 9. The van der Waals surface area contributed by atoms with E-state index in [1.807, 2.05) is 0 Å². The highest BCUT2D eigenvalue weighted by molar-refractivity contribution is 6.04. The van der Waals surface area contributed by atoms with Gasteiger partial charge < -0.3 is 24.5 Å². The third-order valence-electron chi connectivity index (χ3n) is 4.53. The monoisotopic (exact) mass is 425 g/mol. The van der Waals surface area contributed by atoms with Crippen LogP contribution in [0.2, 0.25) is 0 Å². The molecule has 0 radical (unpaired) electrons. The van der Waals surface area contributed by atoms with Crippen LogP contribution < -0.4 is 5.73 Å². The highest BCUT2D eigenvalue weighted by atomic mass is 16.6. The zero-order valence-electron chi connectivity index (χ0n) is 18.2. The first-order chi connectivity index (χ1) is 14.0. The first kappa shape index (κ1) is 23.7. The van der Waals surface area contributed by atoms with Crippen LogP contribution in [0.15, 0.2) is 10.6 Å². The van der Waals surface area contributed by atoms with Crippen molar-refractivity contribution in [2.75, 3.05) is 19.8 Å². The van der Waals surface area contributed by atoms with E-state index in [1.54, 1.807) is 45.6 Å². The molecule has 1 aromatic rings. The Morgan fingerprint density at radius 3 is 2.33 bits per heavy atom. The molecule has 10 nitrogen and oxygen atoms in total. The van der Waals surface area contributed by atoms with Gasteiger partial charge >= 0.3 is 18.0 Å². The van der Waals surface area contributed by atoms with E-state index in [-0.39, 0.29) is 31.4 Å². The molecular formula is C20H31N3O7. The third kappa shape index (κ3) is 5.50. The van der Waals surface area contributed by atoms with Crippen LogP contribution in [0.5, 0.6) is 0 Å². The number of carbonyl (C=O) groups is 3. The number of likely N-dealkylation sites (tertiary alicyclic amines) is 1. The largest absolute Gasteiger partial charge is 0.464 e. The average molecular weight is 425 g/mol. The molecule has 1 saturated heterocycles. The minimum atomic E-state index is -2.05. The Bertz CT molecular complexity index is 751. The van der Waals surface area contributed by atoms with Crippen molar-refractivity contribution >= 4 is 18.0 Å². The zero-order chi connectivity index (χ0) is 22.5. The van der Waals surface area contributed by atoms with Crippen molar-refractivity contribution in [3.8, 4) is 0 Å². The average Bonchev–Trinajstić information content (AvgIpc) is 3.29. The smallest absolute Gasteiger partial charge is 0.410 e. The molecule has 0 spiro atoms. The van der Waals surface area contributed by atoms with Crippen LogP contribution in [-0.4, -0.2) is 59.0 Å². The van der Waals surface area contributed by atoms with Crippen LogP contribution in [0.3, 0.4) is 0 Å². The molecule has 1 fully saturated rings. The van der Waals surface area contributed by atoms with Gasteiger partial charge in [0.25, 0.3) is 0 Å². The van der Waals surface area contributed by atoms with Crippen LogP contribution in [0.4, 0.5) is 4.79 Å². The van der Waals surface area contributed by atoms with E-state index in [4.69, 9.17) is 24.5 Å². The van der Waals surface area contributed by atoms with E-state index in [0.29, 0.717) is 18.7 Å². The Morgan fingerprint density at radius 1 is 1.20 bits per heavy atom. The van der Waals surface area contributed by atoms with Crippen LogP contribution >= 0.6 is 0 Å². The van der Waals surface area contributed by atoms with Gasteiger partial charge in [0.1, 0.15) is 17.1 Å². The Hall–Kier alpha value is -2.62. The van der Waals surface area contributed by atoms with E-state index in [2.05, 4.69) is 5.16 Å². The van der Waals surface area contributed by atoms with Gasteiger partial charge in [0.2, 0.25) is 5.54 Å². The van der Waals surface area contributed by atoms with Gasteiger partial charge in [-0.2, -0.15) is 0 Å². The number of esters is 2. The number of hydrogen-bond donors (Lipinski definition) is 1. The van der Waals surface area contributed by atoms with E-state index < -0.39 is 29.2 Å². The number of aromatic nitrogens is 1. The summed E-state index contributed by atoms with van der Waals surface area (Å²) in [5.74, 6) is -1.60. The fourth-order valence-electron chi connectivity index (χ4n) is 3.20. The standard InChI is InChI=1S/C20H31N3O7/c1-6-27-16(24)20(21,17(25)28-7-2)12-13-11-14(22-30-13)15-9-8-10-23(15)18(26)29-19(3,4)5/h11,15H,6-10,12,21H2,1-5H3. The molecule has 1 aliphatic rings. The van der Waals surface area contributed by atoms with Gasteiger partial charge in [0.05, 0.1) is 19.3 Å². The highest BCUT2D eigenvalue weighted by Crippen LogP contribution is 2.33. The fourth-order valence-corrected chi connectivity index (χ4v) is 3.20. The number of nitrogens with zero attached hydrogens (tertiary/aromatic N) is 2. The van der Waals surface area contributed by atoms with Gasteiger partial charge in [-0.15, -0.1) is 0 Å². The predicted molar refractivity (Wildman–Crippen MR) is 105 cm³/mol. The summed E-state index contributed by atoms with van der Waals surface area (Å²) in [4.78, 5) is 38.8. The second-order valence-corrected chi connectivity index (χ2v) is 8.14. The third-order valence-corrected chi connectivity index (χ3v) is 4.53. The summed E-state index contributed by atoms with van der Waals surface area (Å²) in [7, 11) is 0. The Balaban J connectivity index is 2.20. The lowest BCUT2D eigenvalue weighted by Crippen LogP contribution is -2.58. The van der Waals surface area contributed by atoms with Gasteiger partial charge in [-0.1, -0.05) is 5.16 Å². The summed E-state index contributed by atoms with van der Waals surface area (Å²) in [6.45, 7) is 9.29. The minimum absolute atomic E-state index is 0.0613. The number of ether oxygens (including phenoxy) is 3. The Morgan fingerprint density at radius 2 is 1.80 bits per heavy atom. The first-order valence-corrected chi connectivity index (χ1v) is 10.1. The second kappa shape index (κ2) is 9.46. The SMILES string of the molecule is CCOC(=O)C(N)(Cc1cc(C2CCCN2C(=O)OC(C)(C)C)no1)C(=O)OCC. The Kier molecular flexibility index (Phi) is 7.46. The molecule has 0 bridgehead atoms. The van der Waals surface area contributed by atoms with Crippen LogP contribution in [-0.2, 0) is 30.2 Å². The van der Waals surface area contributed by atoms with Crippen molar-refractivity contribution in [1.82, 2.24) is 10.1 Å². The van der Waals surface area contributed by atoms with Crippen LogP contribution in [0.1, 0.15) is 65.0 Å². The molecule has 0 aromatic carbocycles. The zero-order valence-corrected chi connectivity index (χ0v) is 18.2. The lowest BCUT2D eigenvalue weighted by molar-refractivity contribution is -0.164. The maximum Gasteiger partial charge on any atom is 0.410 e. The number of rotatable bonds is 7. The summed E-state index contributed by atoms with van der Waals surface area (Å²) in [5, 5.41) is 4.04. The minimum Gasteiger partial charge on any atom is -0.464 e. The molecule has 1 aromatic heterocycles. The molecule has 0 saturated carbocycles. The molecule has 0 aliphatic carbocycles. The second-order valence-electron chi connectivity index (χ2n) is 8.14. The van der Waals surface area contributed by atoms with Crippen molar-refractivity contribution < 1.29 is 33.1 Å². The normalized spacial score (nSPS) is 17.0. The van der Waals surface area contributed by atoms with Crippen molar-refractivity contribution in [1.29, 1.82) is 0 Å². The maximum absolute atomic E-state index is 12.5. The molecule has 1 atom stereocenters. The lowest BCUT2D eigenvalue weighted by atomic mass is 9.94. The van der Waals surface area contributed by atoms with Gasteiger partial charge in [0.15, 0.2) is 0 Å². The van der Waals surface area contributed by atoms with Gasteiger partial charge in [-0.3, -0.25) is 4.90 Å². The Labute approximate surface area is 176 Å². The predicted octanol–water partition coefficient (Wildman–Crippen LogP) is 2.11. The van der Waals surface area contributed by atoms with Crippen LogP contribution in [0, 0.1) is 0 Å². The van der Waals surface area contributed by atoms with E-state index in [0.717, 1.165) is 6.42 Å². The molecule has 1 unspecified atom stereocenters. The lowest BCUT2D eigenvalue weighted by Gasteiger charge is -2.27. The molecular weight excluding hydrogens is 394 g/mol. The van der Waals surface area contributed by atoms with Crippen molar-refractivity contribution in [2.24, 2.45) is 5.73 Å². The van der Waals surface area contributed by atoms with E-state index >= 15 is 0 Å². The molecule has 30 heavy (non-hydrogen) atoms. The highest BCUT2D eigenvalue weighted by Gasteiger charge is 2.47. The summed E-state index contributed by atoms with van der Waals surface area (Å²) in [6, 6.07) is 1.27. The summed E-state index contributed by atoms with van der Waals surface area (Å²) in [6.07, 6.45) is 0.769. The van der Waals surface area contributed by atoms with Crippen molar-refractivity contribution in [2.45, 2.75) is 71.1 Å². The quantitative estimate of drug-likeness (QED) is 0.396. The molecule has 2 N–H and O–H groups in total. The topological polar surface area (TPSA) is 134 Å². The van der Waals surface area contributed by atoms with Gasteiger partial charge in [0, 0.05) is 19.0 Å². The number of amides is 1. The van der Waals surface area contributed by atoms with Crippen molar-refractivity contribution in [3.63, 3.8) is 0 Å². The fraction of sp³-hybridized carbons (Fsp3) is 0.700. The van der Waals surface area contributed by atoms with Gasteiger partial charge in [-0.25, -0.2) is 14.4 Å². The van der Waals surface area contributed by atoms with E-state index in [9.17, 15) is 14.4 Å². The summed E-state index contributed by atoms with van der Waals surface area (Å²) in [5.41, 5.74) is 3.91. The van der Waals surface area contributed by atoms with Gasteiger partial charge in [-0.05, 0) is 47.5 Å². The number of carbonyl (C=O) groups excluding carboxylic acids is 3. The first-order valence-electron chi connectivity index (χ1n) is 10.1. The van der Waals surface area contributed by atoms with Crippen LogP contribution in [0.25, 0.3) is 0 Å². The molecule has 1 amide bonds. The molecule has 168 valence electrons. The number of nitrogens with two attached hydrogens (primary N) is 1. The summed E-state index contributed by atoms with van der Waals surface area (Å²) >= 11 is 0. The molecule has 10 heteroatoms. The summed E-state index contributed by atoms with van der Waals surface area (Å²) < 4.78 is 20.7. The molecule has 1 aliphatic heterocycles. The van der Waals surface area contributed by atoms with E-state index in [1.165, 1.54) is 0 Å². The molecule has 2 rings (SSSR count). The maximum atomic E-state index is 12.5. The molecule has 2 heterocycles.